The molecule has 2 aliphatic heterocycles. The van der Waals surface area contributed by atoms with Crippen molar-refractivity contribution in [3.05, 3.63) is 46.6 Å². The summed E-state index contributed by atoms with van der Waals surface area (Å²) in [4.78, 5) is 26.9. The average Bonchev–Trinajstić information content (AvgIpc) is 3.08. The number of rotatable bonds is 7. The molecule has 0 radical (unpaired) electrons. The number of aryl methyl sites for hydroxylation is 1. The Bertz CT molecular complexity index is 976. The molecule has 1 saturated heterocycles. The largest absolute Gasteiger partial charge is 0.472 e. The van der Waals surface area contributed by atoms with Gasteiger partial charge in [-0.25, -0.2) is 0 Å². The molecule has 12 heteroatoms. The van der Waals surface area contributed by atoms with Crippen molar-refractivity contribution in [3.8, 4) is 0 Å². The number of esters is 1. The van der Waals surface area contributed by atoms with Crippen molar-refractivity contribution in [2.45, 2.75) is 74.9 Å². The molecule has 3 heterocycles. The molecule has 1 aliphatic carbocycles. The van der Waals surface area contributed by atoms with Crippen LogP contribution in [-0.2, 0) is 30.2 Å². The van der Waals surface area contributed by atoms with Gasteiger partial charge in [0.05, 0.1) is 30.8 Å². The number of hydrogen-bond donors (Lipinski definition) is 6. The molecule has 12 nitrogen and oxygen atoms in total. The van der Waals surface area contributed by atoms with E-state index in [1.807, 2.05) is 0 Å². The summed E-state index contributed by atoms with van der Waals surface area (Å²) in [5.41, 5.74) is -0.951. The van der Waals surface area contributed by atoms with E-state index in [9.17, 15) is 35.1 Å². The fourth-order valence-electron chi connectivity index (χ4n) is 4.99. The van der Waals surface area contributed by atoms with Crippen LogP contribution in [0, 0.1) is 11.8 Å². The third kappa shape index (κ3) is 5.43. The Kier molecular flexibility index (Phi) is 7.62. The summed E-state index contributed by atoms with van der Waals surface area (Å²) in [6.45, 7) is 0.939. The van der Waals surface area contributed by atoms with Gasteiger partial charge < -0.3 is 49.5 Å². The Labute approximate surface area is 200 Å². The number of hydrogen-bond acceptors (Lipinski definition) is 11. The van der Waals surface area contributed by atoms with E-state index < -0.39 is 73.1 Å². The molecule has 0 spiro atoms. The molecule has 0 unspecified atom stereocenters. The fraction of sp³-hybridized carbons (Fsp3) is 0.652. The number of carbonyl (C=O) groups is 1. The van der Waals surface area contributed by atoms with Crippen LogP contribution in [-0.4, -0.2) is 91.8 Å². The van der Waals surface area contributed by atoms with Gasteiger partial charge in [-0.3, -0.25) is 9.59 Å². The minimum absolute atomic E-state index is 0.0288. The number of pyridine rings is 1. The summed E-state index contributed by atoms with van der Waals surface area (Å²) < 4.78 is 22.3. The molecule has 4 rings (SSSR count). The van der Waals surface area contributed by atoms with E-state index in [0.29, 0.717) is 5.69 Å². The highest BCUT2D eigenvalue weighted by Crippen LogP contribution is 2.48. The van der Waals surface area contributed by atoms with Crippen molar-refractivity contribution in [2.24, 2.45) is 11.8 Å². The zero-order valence-electron chi connectivity index (χ0n) is 19.1. The molecule has 0 amide bonds. The Morgan fingerprint density at radius 2 is 2.00 bits per heavy atom. The summed E-state index contributed by atoms with van der Waals surface area (Å²) in [6, 6.07) is 2.79. The first-order valence-corrected chi connectivity index (χ1v) is 11.5. The normalized spacial score (nSPS) is 40.7. The SMILES string of the molecule is C[C@]1(O)C[C@@H](OC(=O)CCc2cc(=O)cc[nH]2)[C@@H]2C=CO[C@@H](O[C@@H]3O[C@H](CO)[C@@H](O)[C@H](O)[C@H]3O)[C@@H]21. The molecule has 1 aromatic rings. The zero-order chi connectivity index (χ0) is 25.3. The maximum atomic E-state index is 12.5. The zero-order valence-corrected chi connectivity index (χ0v) is 19.1. The van der Waals surface area contributed by atoms with Gasteiger partial charge in [0.2, 0.25) is 6.29 Å². The smallest absolute Gasteiger partial charge is 0.306 e. The van der Waals surface area contributed by atoms with Crippen LogP contribution in [0.25, 0.3) is 0 Å². The standard InChI is InChI=1S/C23H31NO11/c1-23(31)9-14(33-16(27)3-2-11-8-12(26)4-6-24-11)13-5-7-32-21(17(13)23)35-22-20(30)19(29)18(28)15(10-25)34-22/h4-8,13-15,17-22,25,28-31H,2-3,9-10H2,1H3,(H,24,26)/t13-,14+,15+,17+,18+,19-,20+,21-,22-,23-/m0/s1. The van der Waals surface area contributed by atoms with Crippen LogP contribution in [0.4, 0.5) is 0 Å². The van der Waals surface area contributed by atoms with E-state index in [1.165, 1.54) is 24.6 Å². The van der Waals surface area contributed by atoms with Gasteiger partial charge in [0.15, 0.2) is 11.7 Å². The average molecular weight is 497 g/mol. The summed E-state index contributed by atoms with van der Waals surface area (Å²) in [5, 5.41) is 50.8. The predicted molar refractivity (Wildman–Crippen MR) is 116 cm³/mol. The monoisotopic (exact) mass is 497 g/mol. The third-order valence-electron chi connectivity index (χ3n) is 6.81. The molecule has 35 heavy (non-hydrogen) atoms. The molecule has 2 fully saturated rings. The van der Waals surface area contributed by atoms with Crippen LogP contribution < -0.4 is 5.43 Å². The lowest BCUT2D eigenvalue weighted by molar-refractivity contribution is -0.346. The summed E-state index contributed by atoms with van der Waals surface area (Å²) in [7, 11) is 0. The minimum Gasteiger partial charge on any atom is -0.472 e. The van der Waals surface area contributed by atoms with E-state index in [2.05, 4.69) is 4.98 Å². The Morgan fingerprint density at radius 3 is 2.71 bits per heavy atom. The lowest BCUT2D eigenvalue weighted by Crippen LogP contribution is -2.60. The van der Waals surface area contributed by atoms with Gasteiger partial charge in [0, 0.05) is 36.4 Å². The topological polar surface area (TPSA) is 188 Å². The number of aromatic nitrogens is 1. The van der Waals surface area contributed by atoms with Crippen molar-refractivity contribution in [3.63, 3.8) is 0 Å². The number of nitrogens with one attached hydrogen (secondary N) is 1. The number of carbonyl (C=O) groups excluding carboxylic acids is 1. The first-order valence-electron chi connectivity index (χ1n) is 11.5. The third-order valence-corrected chi connectivity index (χ3v) is 6.81. The van der Waals surface area contributed by atoms with Crippen LogP contribution in [0.1, 0.15) is 25.5 Å². The maximum Gasteiger partial charge on any atom is 0.306 e. The van der Waals surface area contributed by atoms with Crippen molar-refractivity contribution >= 4 is 5.97 Å². The van der Waals surface area contributed by atoms with Crippen molar-refractivity contribution in [1.29, 1.82) is 0 Å². The van der Waals surface area contributed by atoms with Crippen LogP contribution in [0.2, 0.25) is 0 Å². The lowest BCUT2D eigenvalue weighted by Gasteiger charge is -2.43. The van der Waals surface area contributed by atoms with E-state index in [4.69, 9.17) is 18.9 Å². The number of aliphatic hydroxyl groups excluding tert-OH is 4. The van der Waals surface area contributed by atoms with Gasteiger partial charge in [0.1, 0.15) is 30.5 Å². The molecule has 6 N–H and O–H groups in total. The second-order valence-corrected chi connectivity index (χ2v) is 9.41. The highest BCUT2D eigenvalue weighted by Gasteiger charge is 2.57. The maximum absolute atomic E-state index is 12.5. The van der Waals surface area contributed by atoms with Gasteiger partial charge in [-0.05, 0) is 19.4 Å². The second-order valence-electron chi connectivity index (χ2n) is 9.41. The quantitative estimate of drug-likeness (QED) is 0.236. The Morgan fingerprint density at radius 1 is 1.23 bits per heavy atom. The molecular formula is C23H31NO11. The molecule has 0 aromatic carbocycles. The molecule has 1 aromatic heterocycles. The van der Waals surface area contributed by atoms with Crippen LogP contribution >= 0.6 is 0 Å². The van der Waals surface area contributed by atoms with Gasteiger partial charge >= 0.3 is 5.97 Å². The van der Waals surface area contributed by atoms with E-state index >= 15 is 0 Å². The first kappa shape index (κ1) is 25.8. The number of ether oxygens (including phenoxy) is 4. The minimum atomic E-state index is -1.63. The Balaban J connectivity index is 1.41. The number of fused-ring (bicyclic) bond motifs is 1. The van der Waals surface area contributed by atoms with E-state index in [-0.39, 0.29) is 24.7 Å². The van der Waals surface area contributed by atoms with Gasteiger partial charge in [-0.2, -0.15) is 0 Å². The number of aliphatic hydroxyl groups is 5. The summed E-state index contributed by atoms with van der Waals surface area (Å²) in [5.74, 6) is -1.69. The van der Waals surface area contributed by atoms with E-state index in [1.54, 1.807) is 13.0 Å². The van der Waals surface area contributed by atoms with Crippen LogP contribution in [0.15, 0.2) is 35.5 Å². The van der Waals surface area contributed by atoms with E-state index in [0.717, 1.165) is 0 Å². The molecular weight excluding hydrogens is 466 g/mol. The highest BCUT2D eigenvalue weighted by atomic mass is 16.8. The molecule has 1 saturated carbocycles. The van der Waals surface area contributed by atoms with Gasteiger partial charge in [0.25, 0.3) is 0 Å². The molecule has 10 atom stereocenters. The fourth-order valence-corrected chi connectivity index (χ4v) is 4.99. The van der Waals surface area contributed by atoms with Gasteiger partial charge in [-0.1, -0.05) is 0 Å². The van der Waals surface area contributed by atoms with Crippen LogP contribution in [0.5, 0.6) is 0 Å². The van der Waals surface area contributed by atoms with Gasteiger partial charge in [-0.15, -0.1) is 0 Å². The Hall–Kier alpha value is -2.32. The summed E-state index contributed by atoms with van der Waals surface area (Å²) in [6.07, 6.45) is -4.32. The van der Waals surface area contributed by atoms with Crippen molar-refractivity contribution in [2.75, 3.05) is 6.61 Å². The second kappa shape index (κ2) is 10.3. The van der Waals surface area contributed by atoms with Crippen molar-refractivity contribution < 1.29 is 49.3 Å². The van der Waals surface area contributed by atoms with Crippen molar-refractivity contribution in [1.82, 2.24) is 4.98 Å². The molecule has 3 aliphatic rings. The first-order chi connectivity index (χ1) is 16.6. The number of H-pyrrole nitrogens is 1. The highest BCUT2D eigenvalue weighted by molar-refractivity contribution is 5.70. The van der Waals surface area contributed by atoms with Crippen LogP contribution in [0.3, 0.4) is 0 Å². The number of aromatic amines is 1. The molecule has 0 bridgehead atoms. The molecule has 194 valence electrons. The summed E-state index contributed by atoms with van der Waals surface area (Å²) >= 11 is 0. The predicted octanol–water partition coefficient (Wildman–Crippen LogP) is -1.71. The lowest BCUT2D eigenvalue weighted by atomic mass is 9.85.